The molecule has 0 aliphatic heterocycles. The summed E-state index contributed by atoms with van der Waals surface area (Å²) in [6.07, 6.45) is 95.9. The molecule has 1 atom stereocenters. The van der Waals surface area contributed by atoms with Gasteiger partial charge >= 0.3 is 17.9 Å². The van der Waals surface area contributed by atoms with Gasteiger partial charge < -0.3 is 14.2 Å². The number of hydrogen-bond acceptors (Lipinski definition) is 6. The van der Waals surface area contributed by atoms with Crippen LogP contribution in [0.2, 0.25) is 0 Å². The highest BCUT2D eigenvalue weighted by molar-refractivity contribution is 5.71. The van der Waals surface area contributed by atoms with E-state index in [1.54, 1.807) is 0 Å². The second kappa shape index (κ2) is 70.8. The van der Waals surface area contributed by atoms with Crippen LogP contribution in [-0.4, -0.2) is 37.2 Å². The predicted octanol–water partition coefficient (Wildman–Crippen LogP) is 24.8. The van der Waals surface area contributed by atoms with Crippen molar-refractivity contribution in [3.63, 3.8) is 0 Å². The predicted molar refractivity (Wildman–Crippen MR) is 362 cm³/mol. The molecule has 0 aliphatic carbocycles. The zero-order valence-electron chi connectivity index (χ0n) is 54.9. The average molecular weight is 1160 g/mol. The van der Waals surface area contributed by atoms with Gasteiger partial charge in [-0.2, -0.15) is 0 Å². The summed E-state index contributed by atoms with van der Waals surface area (Å²) in [6, 6.07) is 0. The number of esters is 3. The first-order chi connectivity index (χ1) is 41.0. The van der Waals surface area contributed by atoms with Gasteiger partial charge in [-0.3, -0.25) is 14.4 Å². The third kappa shape index (κ3) is 69.0. The number of carbonyl (C=O) groups excluding carboxylic acids is 3. The van der Waals surface area contributed by atoms with Gasteiger partial charge in [0.15, 0.2) is 6.10 Å². The number of allylic oxidation sites excluding steroid dienone is 16. The van der Waals surface area contributed by atoms with Crippen LogP contribution in [0.3, 0.4) is 0 Å². The lowest BCUT2D eigenvalue weighted by atomic mass is 10.0. The minimum absolute atomic E-state index is 0.0981. The third-order valence-corrected chi connectivity index (χ3v) is 15.6. The molecule has 0 amide bonds. The largest absolute Gasteiger partial charge is 0.462 e. The highest BCUT2D eigenvalue weighted by atomic mass is 16.6. The Kier molecular flexibility index (Phi) is 67.7. The van der Waals surface area contributed by atoms with Crippen LogP contribution in [0.25, 0.3) is 0 Å². The van der Waals surface area contributed by atoms with Crippen molar-refractivity contribution in [3.05, 3.63) is 97.2 Å². The Morgan fingerprint density at radius 3 is 0.807 bits per heavy atom. The van der Waals surface area contributed by atoms with Crippen molar-refractivity contribution in [1.82, 2.24) is 0 Å². The van der Waals surface area contributed by atoms with Crippen molar-refractivity contribution >= 4 is 17.9 Å². The van der Waals surface area contributed by atoms with Crippen molar-refractivity contribution in [2.45, 2.75) is 361 Å². The summed E-state index contributed by atoms with van der Waals surface area (Å²) < 4.78 is 16.9. The van der Waals surface area contributed by atoms with Crippen LogP contribution in [0, 0.1) is 0 Å². The van der Waals surface area contributed by atoms with Gasteiger partial charge in [0.1, 0.15) is 13.2 Å². The van der Waals surface area contributed by atoms with E-state index in [0.717, 1.165) is 83.5 Å². The van der Waals surface area contributed by atoms with E-state index in [2.05, 4.69) is 112 Å². The van der Waals surface area contributed by atoms with E-state index in [9.17, 15) is 14.4 Å². The van der Waals surface area contributed by atoms with E-state index < -0.39 is 6.10 Å². The summed E-state index contributed by atoms with van der Waals surface area (Å²) in [6.45, 7) is 6.51. The topological polar surface area (TPSA) is 78.9 Å². The first-order valence-electron chi connectivity index (χ1n) is 35.7. The molecule has 6 nitrogen and oxygen atoms in total. The highest BCUT2D eigenvalue weighted by Crippen LogP contribution is 2.18. The van der Waals surface area contributed by atoms with E-state index in [1.165, 1.54) is 225 Å². The molecule has 6 heteroatoms. The Morgan fingerprint density at radius 1 is 0.253 bits per heavy atom. The van der Waals surface area contributed by atoms with Crippen LogP contribution in [-0.2, 0) is 28.6 Å². The van der Waals surface area contributed by atoms with Gasteiger partial charge in [0, 0.05) is 19.3 Å². The molecule has 0 radical (unpaired) electrons. The van der Waals surface area contributed by atoms with Crippen molar-refractivity contribution in [2.75, 3.05) is 13.2 Å². The Labute approximate surface area is 515 Å². The molecule has 0 saturated heterocycles. The Morgan fingerprint density at radius 2 is 0.494 bits per heavy atom. The van der Waals surface area contributed by atoms with Gasteiger partial charge in [0.05, 0.1) is 0 Å². The molecule has 0 rings (SSSR count). The van der Waals surface area contributed by atoms with Gasteiger partial charge in [-0.15, -0.1) is 0 Å². The maximum atomic E-state index is 13.0. The Hall–Kier alpha value is -3.67. The molecule has 0 aliphatic rings. The van der Waals surface area contributed by atoms with Crippen molar-refractivity contribution in [1.29, 1.82) is 0 Å². The standard InChI is InChI=1S/C77H134O6/c1-4-7-10-13-16-19-22-25-28-31-34-36-37-38-39-41-43-46-49-52-55-58-61-64-67-70-76(79)82-73-74(72-81-75(78)69-66-63-60-57-54-51-48-45-42-33-30-27-24-21-18-15-12-9-6-3)83-77(80)71-68-65-62-59-56-53-50-47-44-40-35-32-29-26-23-20-17-14-11-8-5-2/h9,12,18,21-22,25,27,30-31,34,42,45,51,54,60,63,74H,4-8,10-11,13-17,19-20,23-24,26,28-29,32-33,35-41,43-44,46-50,52-53,55-59,61-62,64-73H2,1-3H3/b12-9-,21-18-,25-22-,30-27-,34-31-,45-42-,54-51-,63-60-. The quantitative estimate of drug-likeness (QED) is 0.0261. The van der Waals surface area contributed by atoms with Crippen LogP contribution in [0.15, 0.2) is 97.2 Å². The fourth-order valence-corrected chi connectivity index (χ4v) is 10.3. The second-order valence-corrected chi connectivity index (χ2v) is 23.8. The van der Waals surface area contributed by atoms with Crippen LogP contribution in [0.1, 0.15) is 355 Å². The highest BCUT2D eigenvalue weighted by Gasteiger charge is 2.19. The zero-order valence-corrected chi connectivity index (χ0v) is 54.9. The monoisotopic (exact) mass is 1160 g/mol. The number of ether oxygens (including phenoxy) is 3. The summed E-state index contributed by atoms with van der Waals surface area (Å²) in [5.41, 5.74) is 0. The lowest BCUT2D eigenvalue weighted by Gasteiger charge is -2.18. The first-order valence-corrected chi connectivity index (χ1v) is 35.7. The molecular formula is C77H134O6. The molecule has 478 valence electrons. The van der Waals surface area contributed by atoms with Crippen LogP contribution < -0.4 is 0 Å². The molecule has 1 unspecified atom stereocenters. The molecule has 0 aromatic rings. The molecule has 83 heavy (non-hydrogen) atoms. The van der Waals surface area contributed by atoms with Crippen molar-refractivity contribution < 1.29 is 28.6 Å². The van der Waals surface area contributed by atoms with E-state index in [-0.39, 0.29) is 37.5 Å². The smallest absolute Gasteiger partial charge is 0.306 e. The lowest BCUT2D eigenvalue weighted by Crippen LogP contribution is -2.30. The summed E-state index contributed by atoms with van der Waals surface area (Å²) in [4.78, 5) is 38.5. The minimum atomic E-state index is -0.810. The van der Waals surface area contributed by atoms with Gasteiger partial charge in [-0.1, -0.05) is 343 Å². The molecule has 0 spiro atoms. The van der Waals surface area contributed by atoms with Crippen LogP contribution in [0.4, 0.5) is 0 Å². The Balaban J connectivity index is 4.41. The van der Waals surface area contributed by atoms with Crippen molar-refractivity contribution in [2.24, 2.45) is 0 Å². The van der Waals surface area contributed by atoms with Crippen LogP contribution >= 0.6 is 0 Å². The third-order valence-electron chi connectivity index (χ3n) is 15.6. The summed E-state index contributed by atoms with van der Waals surface area (Å²) in [5, 5.41) is 0. The first kappa shape index (κ1) is 79.3. The average Bonchev–Trinajstić information content (AvgIpc) is 3.49. The molecule has 0 aromatic heterocycles. The maximum Gasteiger partial charge on any atom is 0.306 e. The van der Waals surface area contributed by atoms with E-state index in [0.29, 0.717) is 19.3 Å². The molecule has 0 fully saturated rings. The van der Waals surface area contributed by atoms with Gasteiger partial charge in [0.2, 0.25) is 0 Å². The Bertz CT molecular complexity index is 1610. The molecule has 0 heterocycles. The lowest BCUT2D eigenvalue weighted by molar-refractivity contribution is -0.166. The maximum absolute atomic E-state index is 13.0. The van der Waals surface area contributed by atoms with Gasteiger partial charge in [-0.05, 0) is 89.9 Å². The van der Waals surface area contributed by atoms with E-state index in [4.69, 9.17) is 14.2 Å². The zero-order chi connectivity index (χ0) is 59.9. The van der Waals surface area contributed by atoms with Gasteiger partial charge in [-0.25, -0.2) is 0 Å². The SMILES string of the molecule is CC/C=C\C/C=C\C/C=C\C/C=C\C/C=C\C/C=C\CCC(=O)OCC(COC(=O)CCCCCCCCCCCCCCC/C=C\C/C=C\CCCCCCC)OC(=O)CCCCCCCCCCCCCCCCCCCCCCC. The number of rotatable bonds is 65. The van der Waals surface area contributed by atoms with E-state index >= 15 is 0 Å². The van der Waals surface area contributed by atoms with E-state index in [1.807, 2.05) is 6.08 Å². The molecule has 0 N–H and O–H groups in total. The summed E-state index contributed by atoms with van der Waals surface area (Å²) in [7, 11) is 0. The fourth-order valence-electron chi connectivity index (χ4n) is 10.3. The number of unbranched alkanes of at least 4 members (excludes halogenated alkanes) is 38. The molecule has 0 aromatic carbocycles. The van der Waals surface area contributed by atoms with Crippen molar-refractivity contribution in [3.8, 4) is 0 Å². The number of carbonyl (C=O) groups is 3. The molecule has 0 bridgehead atoms. The number of hydrogen-bond donors (Lipinski definition) is 0. The fraction of sp³-hybridized carbons (Fsp3) is 0.753. The minimum Gasteiger partial charge on any atom is -0.462 e. The summed E-state index contributed by atoms with van der Waals surface area (Å²) in [5.74, 6) is -0.968. The molecular weight excluding hydrogens is 1020 g/mol. The molecule has 0 saturated carbocycles. The normalized spacial score (nSPS) is 12.7. The van der Waals surface area contributed by atoms with Gasteiger partial charge in [0.25, 0.3) is 0 Å². The second-order valence-electron chi connectivity index (χ2n) is 23.8. The van der Waals surface area contributed by atoms with Crippen LogP contribution in [0.5, 0.6) is 0 Å². The summed E-state index contributed by atoms with van der Waals surface area (Å²) >= 11 is 0.